The van der Waals surface area contributed by atoms with Crippen LogP contribution in [0.2, 0.25) is 5.02 Å². The molecule has 0 aliphatic rings. The van der Waals surface area contributed by atoms with Gasteiger partial charge in [0.1, 0.15) is 23.0 Å². The summed E-state index contributed by atoms with van der Waals surface area (Å²) in [6.07, 6.45) is -3.42. The minimum atomic E-state index is -4.71. The summed E-state index contributed by atoms with van der Waals surface area (Å²) in [5.74, 6) is -1.43. The van der Waals surface area contributed by atoms with E-state index in [-0.39, 0.29) is 41.0 Å². The molecule has 3 rings (SSSR count). The molecule has 0 aliphatic carbocycles. The fourth-order valence-electron chi connectivity index (χ4n) is 2.51. The first kappa shape index (κ1) is 25.7. The van der Waals surface area contributed by atoms with Gasteiger partial charge in [-0.05, 0) is 36.4 Å². The van der Waals surface area contributed by atoms with Gasteiger partial charge in [-0.1, -0.05) is 11.6 Å². The summed E-state index contributed by atoms with van der Waals surface area (Å²) in [6, 6.07) is 7.99. The molecule has 1 heterocycles. The number of nitrogens with one attached hydrogen (secondary N) is 2. The third-order valence-corrected chi connectivity index (χ3v) is 4.27. The number of carbonyl (C=O) groups excluding carboxylic acids is 2. The van der Waals surface area contributed by atoms with E-state index in [1.807, 2.05) is 0 Å². The van der Waals surface area contributed by atoms with Gasteiger partial charge in [0, 0.05) is 24.0 Å². The summed E-state index contributed by atoms with van der Waals surface area (Å²) in [7, 11) is 0. The molecule has 0 fully saturated rings. The summed E-state index contributed by atoms with van der Waals surface area (Å²) in [5, 5.41) is 3.83. The van der Waals surface area contributed by atoms with Crippen LogP contribution in [0.1, 0.15) is 16.1 Å². The molecule has 0 spiro atoms. The number of benzene rings is 2. The SMILES string of the molecule is Cl.NC(=O)c1cc(Oc2ccc(NC(=O)Nc3ccc(Cl)c(C(F)(F)F)c3)c(F)c2)ccn1. The van der Waals surface area contributed by atoms with Gasteiger partial charge < -0.3 is 21.1 Å². The molecule has 4 N–H and O–H groups in total. The van der Waals surface area contributed by atoms with Gasteiger partial charge in [-0.3, -0.25) is 9.78 Å². The highest BCUT2D eigenvalue weighted by Crippen LogP contribution is 2.36. The number of nitrogens with zero attached hydrogens (tertiary/aromatic N) is 1. The van der Waals surface area contributed by atoms with Crippen LogP contribution in [0.25, 0.3) is 0 Å². The topological polar surface area (TPSA) is 106 Å². The molecule has 3 aromatic rings. The Kier molecular flexibility index (Phi) is 8.07. The fourth-order valence-corrected chi connectivity index (χ4v) is 2.74. The first-order valence-corrected chi connectivity index (χ1v) is 9.09. The smallest absolute Gasteiger partial charge is 0.417 e. The van der Waals surface area contributed by atoms with Crippen LogP contribution in [-0.4, -0.2) is 16.9 Å². The molecule has 0 saturated heterocycles. The summed E-state index contributed by atoms with van der Waals surface area (Å²) >= 11 is 5.53. The Morgan fingerprint density at radius 2 is 1.70 bits per heavy atom. The Morgan fingerprint density at radius 3 is 2.33 bits per heavy atom. The number of aromatic nitrogens is 1. The van der Waals surface area contributed by atoms with Crippen molar-refractivity contribution in [2.24, 2.45) is 5.73 Å². The number of hydrogen-bond donors (Lipinski definition) is 3. The van der Waals surface area contributed by atoms with Crippen LogP contribution in [0.15, 0.2) is 54.7 Å². The van der Waals surface area contributed by atoms with Gasteiger partial charge in [0.2, 0.25) is 0 Å². The number of ether oxygens (including phenoxy) is 1. The van der Waals surface area contributed by atoms with Crippen LogP contribution in [0.4, 0.5) is 33.7 Å². The molecule has 0 saturated carbocycles. The lowest BCUT2D eigenvalue weighted by Gasteiger charge is -2.13. The molecule has 174 valence electrons. The molecular formula is C20H14Cl2F4N4O3. The first-order valence-electron chi connectivity index (χ1n) is 8.71. The number of hydrogen-bond acceptors (Lipinski definition) is 4. The maximum Gasteiger partial charge on any atom is 0.417 e. The molecule has 13 heteroatoms. The van der Waals surface area contributed by atoms with Gasteiger partial charge in [0.05, 0.1) is 16.3 Å². The number of alkyl halides is 3. The van der Waals surface area contributed by atoms with Crippen LogP contribution >= 0.6 is 24.0 Å². The highest BCUT2D eigenvalue weighted by Gasteiger charge is 2.33. The van der Waals surface area contributed by atoms with Crippen molar-refractivity contribution in [3.8, 4) is 11.5 Å². The van der Waals surface area contributed by atoms with Gasteiger partial charge in [-0.25, -0.2) is 9.18 Å². The van der Waals surface area contributed by atoms with Crippen molar-refractivity contribution in [3.63, 3.8) is 0 Å². The highest BCUT2D eigenvalue weighted by molar-refractivity contribution is 6.31. The number of anilines is 2. The minimum Gasteiger partial charge on any atom is -0.457 e. The maximum absolute atomic E-state index is 14.4. The van der Waals surface area contributed by atoms with E-state index in [4.69, 9.17) is 22.1 Å². The number of urea groups is 1. The Hall–Kier alpha value is -3.57. The van der Waals surface area contributed by atoms with E-state index in [0.717, 1.165) is 12.1 Å². The van der Waals surface area contributed by atoms with Crippen molar-refractivity contribution in [1.82, 2.24) is 4.98 Å². The van der Waals surface area contributed by atoms with Gasteiger partial charge in [-0.2, -0.15) is 13.2 Å². The summed E-state index contributed by atoms with van der Waals surface area (Å²) in [4.78, 5) is 27.0. The van der Waals surface area contributed by atoms with Crippen molar-refractivity contribution in [2.75, 3.05) is 10.6 Å². The molecule has 0 aliphatic heterocycles. The minimum absolute atomic E-state index is 0. The van der Waals surface area contributed by atoms with E-state index in [9.17, 15) is 27.2 Å². The fraction of sp³-hybridized carbons (Fsp3) is 0.0500. The highest BCUT2D eigenvalue weighted by atomic mass is 35.5. The van der Waals surface area contributed by atoms with Crippen LogP contribution in [0, 0.1) is 5.82 Å². The molecule has 2 aromatic carbocycles. The average Bonchev–Trinajstić information content (AvgIpc) is 2.71. The second-order valence-electron chi connectivity index (χ2n) is 6.26. The molecule has 3 amide bonds. The van der Waals surface area contributed by atoms with E-state index in [1.54, 1.807) is 0 Å². The Labute approximate surface area is 195 Å². The van der Waals surface area contributed by atoms with Gasteiger partial charge in [-0.15, -0.1) is 12.4 Å². The van der Waals surface area contributed by atoms with Crippen molar-refractivity contribution >= 4 is 47.3 Å². The first-order chi connectivity index (χ1) is 15.0. The normalized spacial score (nSPS) is 10.7. The van der Waals surface area contributed by atoms with Crippen LogP contribution in [-0.2, 0) is 6.18 Å². The summed E-state index contributed by atoms with van der Waals surface area (Å²) in [6.45, 7) is 0. The molecule has 0 unspecified atom stereocenters. The lowest BCUT2D eigenvalue weighted by Crippen LogP contribution is -2.20. The van der Waals surface area contributed by atoms with E-state index in [0.29, 0.717) is 6.07 Å². The quantitative estimate of drug-likeness (QED) is 0.379. The Bertz CT molecular complexity index is 1190. The standard InChI is InChI=1S/C20H13ClF4N4O3.ClH/c21-14-3-1-10(7-13(14)20(23,24)25)28-19(31)29-16-4-2-11(8-15(16)22)32-12-5-6-27-17(9-12)18(26)30;/h1-9H,(H2,26,30)(H2,28,29,31);1H. The van der Waals surface area contributed by atoms with Crippen LogP contribution < -0.4 is 21.1 Å². The van der Waals surface area contributed by atoms with Gasteiger partial charge >= 0.3 is 12.2 Å². The second-order valence-corrected chi connectivity index (χ2v) is 6.66. The molecule has 0 bridgehead atoms. The molecule has 0 radical (unpaired) electrons. The summed E-state index contributed by atoms with van der Waals surface area (Å²) in [5.41, 5.74) is 3.51. The van der Waals surface area contributed by atoms with Crippen molar-refractivity contribution in [1.29, 1.82) is 0 Å². The van der Waals surface area contributed by atoms with Crippen molar-refractivity contribution in [3.05, 3.63) is 76.8 Å². The Morgan fingerprint density at radius 1 is 1.00 bits per heavy atom. The Balaban J connectivity index is 0.00000385. The average molecular weight is 505 g/mol. The van der Waals surface area contributed by atoms with Gasteiger partial charge in [0.15, 0.2) is 0 Å². The number of carbonyl (C=O) groups is 2. The number of primary amides is 1. The number of nitrogens with two attached hydrogens (primary N) is 1. The zero-order valence-corrected chi connectivity index (χ0v) is 17.8. The van der Waals surface area contributed by atoms with Crippen molar-refractivity contribution < 1.29 is 31.9 Å². The van der Waals surface area contributed by atoms with E-state index >= 15 is 0 Å². The van der Waals surface area contributed by atoms with E-state index in [2.05, 4.69) is 15.6 Å². The third-order valence-electron chi connectivity index (χ3n) is 3.94. The zero-order chi connectivity index (χ0) is 23.5. The number of rotatable bonds is 5. The third kappa shape index (κ3) is 6.70. The maximum atomic E-state index is 14.4. The van der Waals surface area contributed by atoms with E-state index in [1.165, 1.54) is 36.5 Å². The predicted octanol–water partition coefficient (Wildman–Crippen LogP) is 5.85. The van der Waals surface area contributed by atoms with Gasteiger partial charge in [0.25, 0.3) is 5.91 Å². The van der Waals surface area contributed by atoms with Crippen LogP contribution in [0.5, 0.6) is 11.5 Å². The lowest BCUT2D eigenvalue weighted by atomic mass is 10.2. The molecule has 0 atom stereocenters. The van der Waals surface area contributed by atoms with E-state index < -0.39 is 34.5 Å². The number of amides is 3. The van der Waals surface area contributed by atoms with Crippen LogP contribution in [0.3, 0.4) is 0 Å². The number of pyridine rings is 1. The zero-order valence-electron chi connectivity index (χ0n) is 16.2. The molecule has 1 aromatic heterocycles. The molecule has 7 nitrogen and oxygen atoms in total. The summed E-state index contributed by atoms with van der Waals surface area (Å²) < 4.78 is 58.5. The van der Waals surface area contributed by atoms with Crippen molar-refractivity contribution in [2.45, 2.75) is 6.18 Å². The predicted molar refractivity (Wildman–Crippen MR) is 116 cm³/mol. The second kappa shape index (κ2) is 10.4. The lowest BCUT2D eigenvalue weighted by molar-refractivity contribution is -0.137. The monoisotopic (exact) mass is 504 g/mol. The number of halogens is 6. The largest absolute Gasteiger partial charge is 0.457 e. The molecular weight excluding hydrogens is 491 g/mol. The molecule has 33 heavy (non-hydrogen) atoms.